The van der Waals surface area contributed by atoms with Crippen LogP contribution in [0, 0.1) is 11.7 Å². The minimum atomic E-state index is -0.665. The van der Waals surface area contributed by atoms with Crippen LogP contribution >= 0.6 is 0 Å². The number of amides is 1. The third-order valence-electron chi connectivity index (χ3n) is 5.01. The maximum absolute atomic E-state index is 14.1. The summed E-state index contributed by atoms with van der Waals surface area (Å²) in [5.74, 6) is -1.26. The van der Waals surface area contributed by atoms with E-state index in [9.17, 15) is 19.1 Å². The zero-order chi connectivity index (χ0) is 24.4. The van der Waals surface area contributed by atoms with Crippen molar-refractivity contribution in [1.29, 1.82) is 0 Å². The first kappa shape index (κ1) is 26.3. The Balaban J connectivity index is 2.20. The Morgan fingerprint density at radius 1 is 1.09 bits per heavy atom. The molecule has 0 aliphatic rings. The number of carbonyl (C=O) groups excluding carboxylic acids is 2. The summed E-state index contributed by atoms with van der Waals surface area (Å²) in [6.45, 7) is 7.12. The number of hydrogen-bond donors (Lipinski definition) is 2. The maximum Gasteiger partial charge on any atom is 0.407 e. The zero-order valence-electron chi connectivity index (χ0n) is 19.8. The van der Waals surface area contributed by atoms with Crippen molar-refractivity contribution in [2.45, 2.75) is 58.6 Å². The lowest BCUT2D eigenvalue weighted by Gasteiger charge is -2.26. The topological polar surface area (TPSA) is 84.9 Å². The summed E-state index contributed by atoms with van der Waals surface area (Å²) in [4.78, 5) is 24.8. The van der Waals surface area contributed by atoms with E-state index in [4.69, 9.17) is 9.47 Å². The van der Waals surface area contributed by atoms with Gasteiger partial charge >= 0.3 is 12.1 Å². The van der Waals surface area contributed by atoms with Gasteiger partial charge in [-0.25, -0.2) is 9.18 Å². The average molecular weight is 460 g/mol. The van der Waals surface area contributed by atoms with Crippen LogP contribution in [-0.4, -0.2) is 42.0 Å². The minimum absolute atomic E-state index is 0.167. The summed E-state index contributed by atoms with van der Waals surface area (Å²) in [7, 11) is 0. The summed E-state index contributed by atoms with van der Waals surface area (Å²) in [5.41, 5.74) is 1.50. The Labute approximate surface area is 195 Å². The maximum atomic E-state index is 14.1. The van der Waals surface area contributed by atoms with Crippen molar-refractivity contribution in [3.63, 3.8) is 0 Å². The quantitative estimate of drug-likeness (QED) is 0.495. The molecule has 7 heteroatoms. The van der Waals surface area contributed by atoms with E-state index in [1.807, 2.05) is 24.3 Å². The first-order valence-corrected chi connectivity index (χ1v) is 11.2. The fraction of sp³-hybridized carbons (Fsp3) is 0.462. The van der Waals surface area contributed by atoms with Crippen molar-refractivity contribution < 1.29 is 28.6 Å². The number of carbonyl (C=O) groups is 2. The Morgan fingerprint density at radius 2 is 1.76 bits per heavy atom. The summed E-state index contributed by atoms with van der Waals surface area (Å²) in [6.07, 6.45) is 0.366. The van der Waals surface area contributed by atoms with Gasteiger partial charge in [-0.1, -0.05) is 42.5 Å². The van der Waals surface area contributed by atoms with Crippen LogP contribution in [0.3, 0.4) is 0 Å². The number of aliphatic hydroxyl groups is 1. The van der Waals surface area contributed by atoms with E-state index in [0.29, 0.717) is 12.0 Å². The van der Waals surface area contributed by atoms with Crippen LogP contribution < -0.4 is 5.32 Å². The number of esters is 1. The highest BCUT2D eigenvalue weighted by Gasteiger charge is 2.27. The fourth-order valence-electron chi connectivity index (χ4n) is 3.56. The molecule has 0 unspecified atom stereocenters. The van der Waals surface area contributed by atoms with Crippen LogP contribution in [0.1, 0.15) is 46.1 Å². The number of alkyl carbamates (subject to hydrolysis) is 1. The van der Waals surface area contributed by atoms with Gasteiger partial charge in [-0.05, 0) is 64.2 Å². The number of ether oxygens (including phenoxy) is 2. The van der Waals surface area contributed by atoms with Crippen molar-refractivity contribution in [3.8, 4) is 11.1 Å². The molecule has 2 atom stereocenters. The van der Waals surface area contributed by atoms with Crippen LogP contribution in [0.15, 0.2) is 48.5 Å². The molecule has 0 aliphatic carbocycles. The van der Waals surface area contributed by atoms with Crippen molar-refractivity contribution >= 4 is 12.1 Å². The molecular formula is C26H34FNO5. The van der Waals surface area contributed by atoms with E-state index < -0.39 is 29.6 Å². The lowest BCUT2D eigenvalue weighted by molar-refractivity contribution is -0.149. The van der Waals surface area contributed by atoms with Gasteiger partial charge in [0.2, 0.25) is 0 Å². The first-order chi connectivity index (χ1) is 15.6. The van der Waals surface area contributed by atoms with Gasteiger partial charge < -0.3 is 19.9 Å². The lowest BCUT2D eigenvalue weighted by Crippen LogP contribution is -2.42. The molecule has 0 bridgehead atoms. The number of benzene rings is 2. The van der Waals surface area contributed by atoms with Crippen molar-refractivity contribution in [2.24, 2.45) is 5.92 Å². The minimum Gasteiger partial charge on any atom is -0.466 e. The molecule has 2 aromatic carbocycles. The lowest BCUT2D eigenvalue weighted by atomic mass is 9.92. The molecule has 0 heterocycles. The molecule has 0 aromatic heterocycles. The molecule has 6 nitrogen and oxygen atoms in total. The number of rotatable bonds is 10. The second-order valence-electron chi connectivity index (χ2n) is 8.92. The molecule has 180 valence electrons. The van der Waals surface area contributed by atoms with Gasteiger partial charge in [0.15, 0.2) is 0 Å². The molecule has 1 amide bonds. The molecule has 0 radical (unpaired) electrons. The Hall–Kier alpha value is -2.93. The van der Waals surface area contributed by atoms with Crippen LogP contribution in [0.4, 0.5) is 9.18 Å². The number of halogens is 1. The van der Waals surface area contributed by atoms with E-state index in [-0.39, 0.29) is 31.9 Å². The number of hydrogen-bond acceptors (Lipinski definition) is 5. The van der Waals surface area contributed by atoms with Crippen molar-refractivity contribution in [3.05, 3.63) is 59.9 Å². The summed E-state index contributed by atoms with van der Waals surface area (Å²) in [5, 5.41) is 12.3. The molecule has 0 fully saturated rings. The van der Waals surface area contributed by atoms with Crippen LogP contribution in [0.5, 0.6) is 0 Å². The summed E-state index contributed by atoms with van der Waals surface area (Å²) >= 11 is 0. The zero-order valence-corrected chi connectivity index (χ0v) is 19.8. The average Bonchev–Trinajstić information content (AvgIpc) is 2.73. The highest BCUT2D eigenvalue weighted by Crippen LogP contribution is 2.24. The Morgan fingerprint density at radius 3 is 2.33 bits per heavy atom. The van der Waals surface area contributed by atoms with E-state index >= 15 is 0 Å². The first-order valence-electron chi connectivity index (χ1n) is 11.2. The Kier molecular flexibility index (Phi) is 9.85. The molecule has 2 N–H and O–H groups in total. The normalized spacial score (nSPS) is 13.2. The van der Waals surface area contributed by atoms with Crippen LogP contribution in [0.25, 0.3) is 11.1 Å². The third-order valence-corrected chi connectivity index (χ3v) is 5.01. The molecular weight excluding hydrogens is 425 g/mol. The SMILES string of the molecule is CCOC(=O)[C@H](CCO)C[C@@H](Cc1ccc(-c2ccccc2F)cc1)NC(=O)OC(C)(C)C. The van der Waals surface area contributed by atoms with Gasteiger partial charge in [0.05, 0.1) is 12.5 Å². The largest absolute Gasteiger partial charge is 0.466 e. The van der Waals surface area contributed by atoms with E-state index in [2.05, 4.69) is 5.32 Å². The van der Waals surface area contributed by atoms with Gasteiger partial charge in [-0.2, -0.15) is 0 Å². The second-order valence-corrected chi connectivity index (χ2v) is 8.92. The number of nitrogens with one attached hydrogen (secondary N) is 1. The van der Waals surface area contributed by atoms with Gasteiger partial charge in [0, 0.05) is 18.2 Å². The van der Waals surface area contributed by atoms with E-state index in [0.717, 1.165) is 11.1 Å². The van der Waals surface area contributed by atoms with Crippen molar-refractivity contribution in [1.82, 2.24) is 5.32 Å². The predicted octanol–water partition coefficient (Wildman–Crippen LogP) is 4.88. The van der Waals surface area contributed by atoms with Crippen molar-refractivity contribution in [2.75, 3.05) is 13.2 Å². The third kappa shape index (κ3) is 8.85. The molecule has 0 saturated carbocycles. The highest BCUT2D eigenvalue weighted by atomic mass is 19.1. The molecule has 0 saturated heterocycles. The van der Waals surface area contributed by atoms with Gasteiger partial charge in [-0.15, -0.1) is 0 Å². The van der Waals surface area contributed by atoms with Gasteiger partial charge in [0.25, 0.3) is 0 Å². The highest BCUT2D eigenvalue weighted by molar-refractivity contribution is 5.73. The van der Waals surface area contributed by atoms with E-state index in [1.165, 1.54) is 6.07 Å². The fourth-order valence-corrected chi connectivity index (χ4v) is 3.56. The molecule has 2 aromatic rings. The predicted molar refractivity (Wildman–Crippen MR) is 125 cm³/mol. The standard InChI is InChI=1S/C26H34FNO5/c1-5-32-24(30)20(14-15-29)17-21(28-25(31)33-26(2,3)4)16-18-10-12-19(13-11-18)22-8-6-7-9-23(22)27/h6-13,20-21,29H,5,14-17H2,1-4H3,(H,28,31)/t20-,21-/m1/s1. The molecule has 0 aliphatic heterocycles. The van der Waals surface area contributed by atoms with Crippen LogP contribution in [0.2, 0.25) is 0 Å². The number of aliphatic hydroxyl groups excluding tert-OH is 1. The molecule has 0 spiro atoms. The van der Waals surface area contributed by atoms with Gasteiger partial charge in [0.1, 0.15) is 11.4 Å². The Bertz CT molecular complexity index is 908. The van der Waals surface area contributed by atoms with Crippen LogP contribution in [-0.2, 0) is 20.7 Å². The second kappa shape index (κ2) is 12.3. The smallest absolute Gasteiger partial charge is 0.407 e. The molecule has 2 rings (SSSR count). The van der Waals surface area contributed by atoms with Gasteiger partial charge in [-0.3, -0.25) is 4.79 Å². The monoisotopic (exact) mass is 459 g/mol. The summed E-state index contributed by atoms with van der Waals surface area (Å²) in [6, 6.07) is 13.5. The summed E-state index contributed by atoms with van der Waals surface area (Å²) < 4.78 is 24.6. The van der Waals surface area contributed by atoms with E-state index in [1.54, 1.807) is 45.9 Å². The molecule has 33 heavy (non-hydrogen) atoms.